The molecule has 0 unspecified atom stereocenters. The molecule has 0 atom stereocenters. The highest BCUT2D eigenvalue weighted by Crippen LogP contribution is 2.08. The summed E-state index contributed by atoms with van der Waals surface area (Å²) < 4.78 is 0. The van der Waals surface area contributed by atoms with Crippen LogP contribution >= 0.6 is 0 Å². The summed E-state index contributed by atoms with van der Waals surface area (Å²) >= 11 is 0. The van der Waals surface area contributed by atoms with Gasteiger partial charge in [-0.25, -0.2) is 0 Å². The minimum Gasteiger partial charge on any atom is -0.0623 e. The lowest BCUT2D eigenvalue weighted by Crippen LogP contribution is -1.93. The average molecular weight is 222 g/mol. The first-order chi connectivity index (χ1) is 7.00. The van der Waals surface area contributed by atoms with E-state index < -0.39 is 0 Å². The van der Waals surface area contributed by atoms with Gasteiger partial charge in [0, 0.05) is 0 Å². The number of benzene rings is 1. The minimum atomic E-state index is 0.500. The predicted molar refractivity (Wildman–Crippen MR) is 76.7 cm³/mol. The van der Waals surface area contributed by atoms with Gasteiger partial charge in [0.15, 0.2) is 0 Å². The molecule has 0 fully saturated rings. The van der Waals surface area contributed by atoms with Crippen molar-refractivity contribution in [3.05, 3.63) is 36.4 Å². The van der Waals surface area contributed by atoms with Crippen LogP contribution in [-0.4, -0.2) is 0 Å². The summed E-state index contributed by atoms with van der Waals surface area (Å²) in [4.78, 5) is 0. The van der Waals surface area contributed by atoms with Gasteiger partial charge in [-0.1, -0.05) is 91.8 Å². The van der Waals surface area contributed by atoms with Gasteiger partial charge in [0.1, 0.15) is 0 Å². The fourth-order valence-electron chi connectivity index (χ4n) is 0.385. The molecule has 0 aromatic heterocycles. The fraction of sp³-hybridized carbons (Fsp3) is 0.625. The monoisotopic (exact) mass is 222 g/mol. The Morgan fingerprint density at radius 3 is 0.500 bits per heavy atom. The third-order valence-electron chi connectivity index (χ3n) is 0.667. The summed E-state index contributed by atoms with van der Waals surface area (Å²) in [5.41, 5.74) is 1.00. The van der Waals surface area contributed by atoms with Crippen molar-refractivity contribution in [2.45, 2.75) is 55.4 Å². The van der Waals surface area contributed by atoms with Crippen LogP contribution in [0.25, 0.3) is 0 Å². The maximum absolute atomic E-state index is 2.19. The van der Waals surface area contributed by atoms with Crippen LogP contribution in [0.2, 0.25) is 0 Å². The molecule has 0 aliphatic rings. The van der Waals surface area contributed by atoms with Crippen LogP contribution in [0.15, 0.2) is 36.4 Å². The van der Waals surface area contributed by atoms with Crippen LogP contribution < -0.4 is 0 Å². The number of rotatable bonds is 0. The zero-order valence-electron chi connectivity index (χ0n) is 12.5. The van der Waals surface area contributed by atoms with Crippen molar-refractivity contribution >= 4 is 0 Å². The van der Waals surface area contributed by atoms with Crippen LogP contribution in [0, 0.1) is 10.8 Å². The Morgan fingerprint density at radius 2 is 0.438 bits per heavy atom. The van der Waals surface area contributed by atoms with Crippen molar-refractivity contribution in [2.75, 3.05) is 0 Å². The maximum atomic E-state index is 2.19. The van der Waals surface area contributed by atoms with E-state index in [0.29, 0.717) is 10.8 Å². The lowest BCUT2D eigenvalue weighted by atomic mass is 10.0. The van der Waals surface area contributed by atoms with E-state index in [2.05, 4.69) is 55.4 Å². The van der Waals surface area contributed by atoms with E-state index in [0.717, 1.165) is 0 Å². The third-order valence-corrected chi connectivity index (χ3v) is 0.667. The Kier molecular flexibility index (Phi) is 9.22. The van der Waals surface area contributed by atoms with Gasteiger partial charge >= 0.3 is 0 Å². The molecule has 0 amide bonds. The molecule has 0 bridgehead atoms. The molecule has 1 rings (SSSR count). The van der Waals surface area contributed by atoms with Crippen LogP contribution in [0.4, 0.5) is 0 Å². The first-order valence-electron chi connectivity index (χ1n) is 6.00. The molecule has 94 valence electrons. The summed E-state index contributed by atoms with van der Waals surface area (Å²) in [5.74, 6) is 0. The van der Waals surface area contributed by atoms with Crippen LogP contribution in [-0.2, 0) is 0 Å². The summed E-state index contributed by atoms with van der Waals surface area (Å²) in [5, 5.41) is 0. The van der Waals surface area contributed by atoms with Gasteiger partial charge < -0.3 is 0 Å². The van der Waals surface area contributed by atoms with Crippen molar-refractivity contribution in [3.63, 3.8) is 0 Å². The zero-order chi connectivity index (χ0) is 13.2. The first kappa shape index (κ1) is 17.6. The van der Waals surface area contributed by atoms with Crippen molar-refractivity contribution in [1.29, 1.82) is 0 Å². The molecule has 16 heavy (non-hydrogen) atoms. The molecule has 0 spiro atoms. The van der Waals surface area contributed by atoms with Crippen LogP contribution in [0.5, 0.6) is 0 Å². The van der Waals surface area contributed by atoms with E-state index in [4.69, 9.17) is 0 Å². The van der Waals surface area contributed by atoms with E-state index in [1.165, 1.54) is 0 Å². The molecule has 0 heterocycles. The summed E-state index contributed by atoms with van der Waals surface area (Å²) in [7, 11) is 0. The summed E-state index contributed by atoms with van der Waals surface area (Å²) in [6.45, 7) is 17.5. The molecular formula is C16H30. The molecular weight excluding hydrogens is 192 g/mol. The zero-order valence-corrected chi connectivity index (χ0v) is 12.5. The average Bonchev–Trinajstić information content (AvgIpc) is 2.01. The Bertz CT molecular complexity index is 170. The smallest absolute Gasteiger partial charge is 0.0411 e. The second-order valence-corrected chi connectivity index (χ2v) is 7.15. The molecule has 0 N–H and O–H groups in total. The quantitative estimate of drug-likeness (QED) is 0.521. The summed E-state index contributed by atoms with van der Waals surface area (Å²) in [6.07, 6.45) is 0. The van der Waals surface area contributed by atoms with Crippen LogP contribution in [0.1, 0.15) is 55.4 Å². The van der Waals surface area contributed by atoms with Gasteiger partial charge in [0.25, 0.3) is 0 Å². The summed E-state index contributed by atoms with van der Waals surface area (Å²) in [6, 6.07) is 12.0. The van der Waals surface area contributed by atoms with E-state index in [1.807, 2.05) is 36.4 Å². The standard InChI is InChI=1S/C6H6.2C5H12/c1-2-4-6-5-3-1;2*1-5(2,3)4/h1-6H;2*1-4H3. The molecule has 1 aromatic rings. The van der Waals surface area contributed by atoms with Gasteiger partial charge in [-0.3, -0.25) is 0 Å². The molecule has 0 aliphatic heterocycles. The van der Waals surface area contributed by atoms with Gasteiger partial charge in [0.2, 0.25) is 0 Å². The Hall–Kier alpha value is -0.780. The van der Waals surface area contributed by atoms with Crippen molar-refractivity contribution in [1.82, 2.24) is 0 Å². The molecule has 0 aliphatic carbocycles. The van der Waals surface area contributed by atoms with Gasteiger partial charge in [-0.15, -0.1) is 0 Å². The second-order valence-electron chi connectivity index (χ2n) is 7.15. The van der Waals surface area contributed by atoms with E-state index in [-0.39, 0.29) is 0 Å². The predicted octanol–water partition coefficient (Wildman–Crippen LogP) is 5.79. The number of hydrogen-bond donors (Lipinski definition) is 0. The Labute approximate surface area is 103 Å². The molecule has 0 saturated heterocycles. The Morgan fingerprint density at radius 1 is 0.375 bits per heavy atom. The second kappa shape index (κ2) is 8.38. The molecule has 0 heteroatoms. The number of hydrogen-bond acceptors (Lipinski definition) is 0. The van der Waals surface area contributed by atoms with Crippen molar-refractivity contribution in [3.8, 4) is 0 Å². The lowest BCUT2D eigenvalue weighted by molar-refractivity contribution is 0.469. The highest BCUT2D eigenvalue weighted by Gasteiger charge is 1.96. The molecule has 0 radical (unpaired) electrons. The molecule has 0 saturated carbocycles. The van der Waals surface area contributed by atoms with Gasteiger partial charge in [-0.2, -0.15) is 0 Å². The highest BCUT2D eigenvalue weighted by atomic mass is 14.0. The van der Waals surface area contributed by atoms with Crippen molar-refractivity contribution in [2.24, 2.45) is 10.8 Å². The van der Waals surface area contributed by atoms with E-state index >= 15 is 0 Å². The molecule has 0 nitrogen and oxygen atoms in total. The normalized spacial score (nSPS) is 10.5. The van der Waals surface area contributed by atoms with Gasteiger partial charge in [-0.05, 0) is 10.8 Å². The SMILES string of the molecule is CC(C)(C)C.CC(C)(C)C.c1ccccc1. The maximum Gasteiger partial charge on any atom is -0.0411 e. The van der Waals surface area contributed by atoms with Crippen LogP contribution in [0.3, 0.4) is 0 Å². The van der Waals surface area contributed by atoms with Crippen molar-refractivity contribution < 1.29 is 0 Å². The highest BCUT2D eigenvalue weighted by molar-refractivity contribution is 4.99. The third kappa shape index (κ3) is 72.4. The topological polar surface area (TPSA) is 0 Å². The minimum absolute atomic E-state index is 0.500. The first-order valence-corrected chi connectivity index (χ1v) is 6.00. The lowest BCUT2D eigenvalue weighted by Gasteiger charge is -2.05. The van der Waals surface area contributed by atoms with Gasteiger partial charge in [0.05, 0.1) is 0 Å². The van der Waals surface area contributed by atoms with E-state index in [9.17, 15) is 0 Å². The van der Waals surface area contributed by atoms with E-state index in [1.54, 1.807) is 0 Å². The fourth-order valence-corrected chi connectivity index (χ4v) is 0.385. The Balaban J connectivity index is 0. The largest absolute Gasteiger partial charge is 0.0623 e. The molecule has 1 aromatic carbocycles.